The van der Waals surface area contributed by atoms with Gasteiger partial charge in [-0.25, -0.2) is 4.79 Å². The van der Waals surface area contributed by atoms with Gasteiger partial charge in [0.05, 0.1) is 18.7 Å². The first kappa shape index (κ1) is 28.6. The van der Waals surface area contributed by atoms with Crippen molar-refractivity contribution in [3.63, 3.8) is 0 Å². The summed E-state index contributed by atoms with van der Waals surface area (Å²) in [6.45, 7) is 3.71. The summed E-state index contributed by atoms with van der Waals surface area (Å²) >= 11 is 0. The van der Waals surface area contributed by atoms with Crippen molar-refractivity contribution < 1.29 is 23.9 Å². The van der Waals surface area contributed by atoms with Crippen molar-refractivity contribution in [2.24, 2.45) is 22.2 Å². The van der Waals surface area contributed by atoms with E-state index < -0.39 is 41.7 Å². The van der Waals surface area contributed by atoms with E-state index in [1.807, 2.05) is 37.3 Å². The predicted molar refractivity (Wildman–Crippen MR) is 128 cm³/mol. The maximum Gasteiger partial charge on any atom is 0.376 e. The number of hydrogen-bond donors (Lipinski definition) is 5. The van der Waals surface area contributed by atoms with E-state index in [-0.39, 0.29) is 25.5 Å². The van der Waals surface area contributed by atoms with E-state index in [0.717, 1.165) is 12.0 Å². The molecule has 0 aliphatic rings. The van der Waals surface area contributed by atoms with Crippen molar-refractivity contribution in [2.75, 3.05) is 13.2 Å². The second-order valence-corrected chi connectivity index (χ2v) is 7.89. The van der Waals surface area contributed by atoms with Gasteiger partial charge in [0, 0.05) is 6.54 Å². The normalized spacial score (nSPS) is 13.1. The summed E-state index contributed by atoms with van der Waals surface area (Å²) in [5.74, 6) is -3.16. The van der Waals surface area contributed by atoms with Gasteiger partial charge < -0.3 is 32.6 Å². The number of nitrogens with zero attached hydrogens (tertiary/aromatic N) is 1. The first-order valence-electron chi connectivity index (χ1n) is 11.3. The number of rotatable bonds is 15. The van der Waals surface area contributed by atoms with Gasteiger partial charge in [0.2, 0.25) is 11.8 Å². The number of ketones is 1. The fourth-order valence-electron chi connectivity index (χ4n) is 2.94. The molecule has 34 heavy (non-hydrogen) atoms. The van der Waals surface area contributed by atoms with Gasteiger partial charge in [-0.1, -0.05) is 43.7 Å². The van der Waals surface area contributed by atoms with Gasteiger partial charge in [-0.2, -0.15) is 0 Å². The van der Waals surface area contributed by atoms with E-state index in [0.29, 0.717) is 19.3 Å². The number of guanidine groups is 1. The number of ether oxygens (including phenoxy) is 1. The van der Waals surface area contributed by atoms with Crippen LogP contribution in [0.3, 0.4) is 0 Å². The molecular formula is C23H36N6O5. The van der Waals surface area contributed by atoms with E-state index in [1.54, 1.807) is 0 Å². The highest BCUT2D eigenvalue weighted by molar-refractivity contribution is 6.36. The molecule has 0 saturated heterocycles. The molecule has 11 nitrogen and oxygen atoms in total. The molecule has 0 spiro atoms. The molecule has 1 aromatic rings. The molecule has 0 unspecified atom stereocenters. The van der Waals surface area contributed by atoms with Crippen molar-refractivity contribution in [3.8, 4) is 0 Å². The molecule has 1 rings (SSSR count). The zero-order valence-electron chi connectivity index (χ0n) is 19.8. The number of nitrogens with two attached hydrogens (primary N) is 3. The van der Waals surface area contributed by atoms with Crippen LogP contribution < -0.4 is 27.8 Å². The zero-order chi connectivity index (χ0) is 25.5. The number of benzene rings is 1. The largest absolute Gasteiger partial charge is 0.460 e. The van der Waals surface area contributed by atoms with Crippen LogP contribution >= 0.6 is 0 Å². The lowest BCUT2D eigenvalue weighted by atomic mass is 10.0. The van der Waals surface area contributed by atoms with E-state index in [4.69, 9.17) is 21.9 Å². The zero-order valence-corrected chi connectivity index (χ0v) is 19.8. The van der Waals surface area contributed by atoms with Crippen molar-refractivity contribution in [1.29, 1.82) is 0 Å². The summed E-state index contributed by atoms with van der Waals surface area (Å²) in [7, 11) is 0. The average molecular weight is 477 g/mol. The monoisotopic (exact) mass is 476 g/mol. The Bertz CT molecular complexity index is 842. The van der Waals surface area contributed by atoms with E-state index in [2.05, 4.69) is 15.6 Å². The fraction of sp³-hybridized carbons (Fsp3) is 0.522. The number of amides is 2. The Morgan fingerprint density at radius 1 is 1.03 bits per heavy atom. The van der Waals surface area contributed by atoms with Crippen LogP contribution in [0.5, 0.6) is 0 Å². The van der Waals surface area contributed by atoms with Gasteiger partial charge in [-0.05, 0) is 38.2 Å². The smallest absolute Gasteiger partial charge is 0.376 e. The van der Waals surface area contributed by atoms with Crippen LogP contribution in [-0.4, -0.2) is 60.8 Å². The molecule has 0 bridgehead atoms. The summed E-state index contributed by atoms with van der Waals surface area (Å²) < 4.78 is 4.97. The van der Waals surface area contributed by atoms with Crippen molar-refractivity contribution >= 4 is 29.5 Å². The number of carbonyl (C=O) groups is 4. The van der Waals surface area contributed by atoms with Crippen molar-refractivity contribution in [2.45, 2.75) is 64.1 Å². The van der Waals surface area contributed by atoms with Gasteiger partial charge in [-0.3, -0.25) is 19.4 Å². The Labute approximate surface area is 199 Å². The number of nitrogens with one attached hydrogen (secondary N) is 2. The lowest BCUT2D eigenvalue weighted by molar-refractivity contribution is -0.155. The molecule has 0 radical (unpaired) electrons. The third-order valence-electron chi connectivity index (χ3n) is 4.90. The van der Waals surface area contributed by atoms with E-state index in [9.17, 15) is 19.2 Å². The predicted octanol–water partition coefficient (Wildman–Crippen LogP) is -0.488. The van der Waals surface area contributed by atoms with Crippen LogP contribution in [0.25, 0.3) is 0 Å². The first-order valence-corrected chi connectivity index (χ1v) is 11.3. The molecule has 0 aliphatic carbocycles. The minimum absolute atomic E-state index is 0.103. The van der Waals surface area contributed by atoms with Crippen molar-refractivity contribution in [1.82, 2.24) is 10.6 Å². The SMILES string of the molecule is CCCCOC(=O)C(=O)[C@H](CCCN=C(N)N)NC(=O)[C@H](C)NC(=O)[C@@H](N)Cc1ccccc1. The first-order chi connectivity index (χ1) is 16.1. The number of Topliss-reactive ketones (excluding diaryl/α,β-unsaturated/α-hetero) is 1. The van der Waals surface area contributed by atoms with Crippen LogP contribution in [0, 0.1) is 0 Å². The molecule has 8 N–H and O–H groups in total. The lowest BCUT2D eigenvalue weighted by Gasteiger charge is -2.21. The van der Waals surface area contributed by atoms with Gasteiger partial charge in [0.1, 0.15) is 6.04 Å². The standard InChI is InChI=1S/C23H36N6O5/c1-3-4-13-34-22(33)19(30)18(11-8-12-27-23(25)26)29-20(31)15(2)28-21(32)17(24)14-16-9-6-5-7-10-16/h5-7,9-10,15,17-18H,3-4,8,11-14,24H2,1-2H3,(H,28,32)(H,29,31)(H4,25,26,27)/t15-,17-,18-/m0/s1. The number of esters is 1. The summed E-state index contributed by atoms with van der Waals surface area (Å²) in [4.78, 5) is 53.6. The maximum absolute atomic E-state index is 12.7. The summed E-state index contributed by atoms with van der Waals surface area (Å²) in [5.41, 5.74) is 17.4. The molecule has 0 saturated carbocycles. The highest BCUT2D eigenvalue weighted by atomic mass is 16.5. The molecule has 3 atom stereocenters. The fourth-order valence-corrected chi connectivity index (χ4v) is 2.94. The molecule has 188 valence electrons. The van der Waals surface area contributed by atoms with Gasteiger partial charge in [0.15, 0.2) is 5.96 Å². The Morgan fingerprint density at radius 2 is 1.71 bits per heavy atom. The third kappa shape index (κ3) is 10.9. The van der Waals surface area contributed by atoms with Gasteiger partial charge in [0.25, 0.3) is 5.78 Å². The van der Waals surface area contributed by atoms with Gasteiger partial charge in [-0.15, -0.1) is 0 Å². The topological polar surface area (TPSA) is 192 Å². The van der Waals surface area contributed by atoms with Crippen LogP contribution in [0.1, 0.15) is 45.1 Å². The lowest BCUT2D eigenvalue weighted by Crippen LogP contribution is -2.54. The second kappa shape index (κ2) is 15.4. The minimum Gasteiger partial charge on any atom is -0.460 e. The number of aliphatic imine (C=N–C) groups is 1. The maximum atomic E-state index is 12.7. The van der Waals surface area contributed by atoms with Crippen LogP contribution in [0.2, 0.25) is 0 Å². The summed E-state index contributed by atoms with van der Waals surface area (Å²) in [6, 6.07) is 6.25. The van der Waals surface area contributed by atoms with Crippen LogP contribution in [0.15, 0.2) is 35.3 Å². The summed E-state index contributed by atoms with van der Waals surface area (Å²) in [5, 5.41) is 5.05. The van der Waals surface area contributed by atoms with Crippen LogP contribution in [0.4, 0.5) is 0 Å². The molecule has 0 aromatic heterocycles. The van der Waals surface area contributed by atoms with Crippen molar-refractivity contribution in [3.05, 3.63) is 35.9 Å². The Balaban J connectivity index is 2.72. The number of hydrogen-bond acceptors (Lipinski definition) is 7. The molecule has 0 heterocycles. The molecule has 0 fully saturated rings. The average Bonchev–Trinajstić information content (AvgIpc) is 2.80. The molecule has 2 amide bonds. The Kier molecular flexibility index (Phi) is 12.9. The van der Waals surface area contributed by atoms with Crippen LogP contribution in [-0.2, 0) is 30.3 Å². The summed E-state index contributed by atoms with van der Waals surface area (Å²) in [6.07, 6.45) is 2.16. The van der Waals surface area contributed by atoms with E-state index in [1.165, 1.54) is 6.92 Å². The second-order valence-electron chi connectivity index (χ2n) is 7.89. The minimum atomic E-state index is -1.15. The van der Waals surface area contributed by atoms with E-state index >= 15 is 0 Å². The third-order valence-corrected chi connectivity index (χ3v) is 4.90. The Hall–Kier alpha value is -3.47. The molecule has 1 aromatic carbocycles. The number of carbonyl (C=O) groups excluding carboxylic acids is 4. The molecule has 0 aliphatic heterocycles. The Morgan fingerprint density at radius 3 is 2.32 bits per heavy atom. The quantitative estimate of drug-likeness (QED) is 0.0736. The van der Waals surface area contributed by atoms with Gasteiger partial charge >= 0.3 is 5.97 Å². The number of unbranched alkanes of at least 4 members (excludes halogenated alkanes) is 1. The highest BCUT2D eigenvalue weighted by Crippen LogP contribution is 2.05. The molecular weight excluding hydrogens is 440 g/mol. The highest BCUT2D eigenvalue weighted by Gasteiger charge is 2.30. The molecule has 11 heteroatoms.